The summed E-state index contributed by atoms with van der Waals surface area (Å²) in [7, 11) is 0. The van der Waals surface area contributed by atoms with Crippen molar-refractivity contribution in [1.29, 1.82) is 0 Å². The summed E-state index contributed by atoms with van der Waals surface area (Å²) in [6.07, 6.45) is 0.865. The molecule has 1 aromatic carbocycles. The van der Waals surface area contributed by atoms with Gasteiger partial charge in [-0.25, -0.2) is 0 Å². The first-order chi connectivity index (χ1) is 7.15. The third kappa shape index (κ3) is 3.36. The number of benzene rings is 1. The average Bonchev–Trinajstić information content (AvgIpc) is 2.22. The van der Waals surface area contributed by atoms with Crippen LogP contribution >= 0.6 is 0 Å². The summed E-state index contributed by atoms with van der Waals surface area (Å²) in [5, 5.41) is 2.77. The van der Waals surface area contributed by atoms with Crippen molar-refractivity contribution in [3.05, 3.63) is 34.9 Å². The summed E-state index contributed by atoms with van der Waals surface area (Å²) < 4.78 is 0. The Morgan fingerprint density at radius 3 is 2.47 bits per heavy atom. The minimum atomic E-state index is -0.0961. The van der Waals surface area contributed by atoms with Gasteiger partial charge in [0.15, 0.2) is 0 Å². The highest BCUT2D eigenvalue weighted by Gasteiger charge is 2.02. The molecular weight excluding hydrogens is 188 g/mol. The van der Waals surface area contributed by atoms with E-state index in [0.717, 1.165) is 6.42 Å². The summed E-state index contributed by atoms with van der Waals surface area (Å²) in [5.41, 5.74) is 9.06. The fourth-order valence-corrected chi connectivity index (χ4v) is 1.64. The maximum Gasteiger partial charge on any atom is 0.233 e. The monoisotopic (exact) mass is 206 g/mol. The fourth-order valence-electron chi connectivity index (χ4n) is 1.64. The molecule has 3 heteroatoms. The first kappa shape index (κ1) is 11.7. The van der Waals surface area contributed by atoms with E-state index in [0.29, 0.717) is 6.54 Å². The number of nitrogens with one attached hydrogen (secondary N) is 1. The summed E-state index contributed by atoms with van der Waals surface area (Å²) >= 11 is 0. The molecule has 1 aromatic rings. The third-order valence-electron chi connectivity index (χ3n) is 2.53. The number of hydrogen-bond acceptors (Lipinski definition) is 2. The molecule has 0 aliphatic heterocycles. The molecule has 1 amide bonds. The van der Waals surface area contributed by atoms with E-state index in [4.69, 9.17) is 5.73 Å². The Hall–Kier alpha value is -1.35. The van der Waals surface area contributed by atoms with Crippen molar-refractivity contribution in [1.82, 2.24) is 5.32 Å². The van der Waals surface area contributed by atoms with Gasteiger partial charge >= 0.3 is 0 Å². The Morgan fingerprint density at radius 2 is 1.93 bits per heavy atom. The molecule has 0 unspecified atom stereocenters. The molecule has 0 aromatic heterocycles. The molecule has 0 atom stereocenters. The van der Waals surface area contributed by atoms with Crippen molar-refractivity contribution in [3.8, 4) is 0 Å². The topological polar surface area (TPSA) is 55.1 Å². The molecule has 0 saturated carbocycles. The van der Waals surface area contributed by atoms with Crippen LogP contribution in [0.25, 0.3) is 0 Å². The lowest BCUT2D eigenvalue weighted by molar-refractivity contribution is -0.119. The molecule has 3 nitrogen and oxygen atoms in total. The van der Waals surface area contributed by atoms with Crippen LogP contribution in [0.3, 0.4) is 0 Å². The molecule has 82 valence electrons. The first-order valence-electron chi connectivity index (χ1n) is 5.17. The van der Waals surface area contributed by atoms with Gasteiger partial charge in [-0.15, -0.1) is 0 Å². The molecule has 0 aliphatic rings. The molecule has 0 aliphatic carbocycles. The zero-order valence-electron chi connectivity index (χ0n) is 9.34. The van der Waals surface area contributed by atoms with E-state index in [1.54, 1.807) is 0 Å². The van der Waals surface area contributed by atoms with Crippen molar-refractivity contribution >= 4 is 5.91 Å². The lowest BCUT2D eigenvalue weighted by Crippen LogP contribution is -2.31. The molecule has 0 heterocycles. The number of hydrogen-bond donors (Lipinski definition) is 2. The lowest BCUT2D eigenvalue weighted by atomic mass is 10.0. The van der Waals surface area contributed by atoms with Gasteiger partial charge in [0.2, 0.25) is 5.91 Å². The highest BCUT2D eigenvalue weighted by atomic mass is 16.1. The Balaban J connectivity index is 2.54. The van der Waals surface area contributed by atoms with Gasteiger partial charge < -0.3 is 11.1 Å². The van der Waals surface area contributed by atoms with Crippen LogP contribution in [0.5, 0.6) is 0 Å². The van der Waals surface area contributed by atoms with Crippen LogP contribution in [0.2, 0.25) is 0 Å². The van der Waals surface area contributed by atoms with Crippen LogP contribution in [0, 0.1) is 13.8 Å². The van der Waals surface area contributed by atoms with Gasteiger partial charge in [0, 0.05) is 6.54 Å². The maximum atomic E-state index is 10.9. The zero-order chi connectivity index (χ0) is 11.3. The minimum Gasteiger partial charge on any atom is -0.355 e. The predicted molar refractivity (Wildman–Crippen MR) is 61.7 cm³/mol. The Kier molecular flexibility index (Phi) is 4.31. The minimum absolute atomic E-state index is 0.0623. The molecule has 0 bridgehead atoms. The zero-order valence-corrected chi connectivity index (χ0v) is 9.34. The van der Waals surface area contributed by atoms with E-state index in [1.165, 1.54) is 16.7 Å². The number of rotatable bonds is 4. The normalized spacial score (nSPS) is 10.1. The van der Waals surface area contributed by atoms with E-state index >= 15 is 0 Å². The van der Waals surface area contributed by atoms with Crippen LogP contribution in [-0.4, -0.2) is 19.0 Å². The van der Waals surface area contributed by atoms with Gasteiger partial charge in [0.1, 0.15) is 0 Å². The van der Waals surface area contributed by atoms with Gasteiger partial charge in [-0.05, 0) is 37.0 Å². The molecular formula is C12H18N2O. The third-order valence-corrected chi connectivity index (χ3v) is 2.53. The maximum absolute atomic E-state index is 10.9. The highest BCUT2D eigenvalue weighted by molar-refractivity contribution is 5.77. The summed E-state index contributed by atoms with van der Waals surface area (Å²) in [4.78, 5) is 10.9. The fraction of sp³-hybridized carbons (Fsp3) is 0.417. The Morgan fingerprint density at radius 1 is 1.33 bits per heavy atom. The van der Waals surface area contributed by atoms with Crippen LogP contribution in [-0.2, 0) is 11.2 Å². The van der Waals surface area contributed by atoms with Gasteiger partial charge in [-0.3, -0.25) is 4.79 Å². The van der Waals surface area contributed by atoms with Gasteiger partial charge in [-0.1, -0.05) is 18.2 Å². The van der Waals surface area contributed by atoms with E-state index < -0.39 is 0 Å². The molecule has 0 fully saturated rings. The highest BCUT2D eigenvalue weighted by Crippen LogP contribution is 2.13. The second kappa shape index (κ2) is 5.51. The van der Waals surface area contributed by atoms with Crippen LogP contribution < -0.4 is 11.1 Å². The summed E-state index contributed by atoms with van der Waals surface area (Å²) in [6, 6.07) is 6.23. The molecule has 3 N–H and O–H groups in total. The predicted octanol–water partition coefficient (Wildman–Crippen LogP) is 0.921. The van der Waals surface area contributed by atoms with Gasteiger partial charge in [0.25, 0.3) is 0 Å². The number of amides is 1. The van der Waals surface area contributed by atoms with Gasteiger partial charge in [0.05, 0.1) is 6.54 Å². The average molecular weight is 206 g/mol. The van der Waals surface area contributed by atoms with Gasteiger partial charge in [-0.2, -0.15) is 0 Å². The first-order valence-corrected chi connectivity index (χ1v) is 5.17. The van der Waals surface area contributed by atoms with Crippen molar-refractivity contribution in [3.63, 3.8) is 0 Å². The number of carbonyl (C=O) groups is 1. The van der Waals surface area contributed by atoms with Crippen LogP contribution in [0.15, 0.2) is 18.2 Å². The lowest BCUT2D eigenvalue weighted by Gasteiger charge is -2.09. The van der Waals surface area contributed by atoms with Crippen molar-refractivity contribution in [2.24, 2.45) is 5.73 Å². The van der Waals surface area contributed by atoms with Crippen LogP contribution in [0.4, 0.5) is 0 Å². The molecule has 0 radical (unpaired) electrons. The Labute approximate surface area is 90.7 Å². The molecule has 15 heavy (non-hydrogen) atoms. The largest absolute Gasteiger partial charge is 0.355 e. The van der Waals surface area contributed by atoms with Crippen molar-refractivity contribution in [2.45, 2.75) is 20.3 Å². The molecule has 1 rings (SSSR count). The SMILES string of the molecule is Cc1cccc(C)c1CCNC(=O)CN. The summed E-state index contributed by atoms with van der Waals surface area (Å²) in [5.74, 6) is -0.0961. The number of aryl methyl sites for hydroxylation is 2. The quantitative estimate of drug-likeness (QED) is 0.769. The van der Waals surface area contributed by atoms with E-state index in [9.17, 15) is 4.79 Å². The number of nitrogens with two attached hydrogens (primary N) is 1. The van der Waals surface area contributed by atoms with Crippen molar-refractivity contribution in [2.75, 3.05) is 13.1 Å². The van der Waals surface area contributed by atoms with E-state index in [2.05, 4.69) is 31.3 Å². The second-order valence-corrected chi connectivity index (χ2v) is 3.67. The molecule has 0 spiro atoms. The van der Waals surface area contributed by atoms with E-state index in [-0.39, 0.29) is 12.5 Å². The Bertz CT molecular complexity index is 327. The smallest absolute Gasteiger partial charge is 0.233 e. The second-order valence-electron chi connectivity index (χ2n) is 3.67. The van der Waals surface area contributed by atoms with E-state index in [1.807, 2.05) is 6.07 Å². The standard InChI is InChI=1S/C12H18N2O/c1-9-4-3-5-10(2)11(9)6-7-14-12(15)8-13/h3-5H,6-8,13H2,1-2H3,(H,14,15). The van der Waals surface area contributed by atoms with Crippen molar-refractivity contribution < 1.29 is 4.79 Å². The summed E-state index contributed by atoms with van der Waals surface area (Å²) in [6.45, 7) is 4.90. The number of carbonyl (C=O) groups excluding carboxylic acids is 1. The van der Waals surface area contributed by atoms with Crippen LogP contribution in [0.1, 0.15) is 16.7 Å². The molecule has 0 saturated heterocycles.